The molecular weight excluding hydrogens is 290 g/mol. The van der Waals surface area contributed by atoms with E-state index in [1.54, 1.807) is 4.90 Å². The Bertz CT molecular complexity index is 478. The van der Waals surface area contributed by atoms with Crippen LogP contribution < -0.4 is 10.2 Å². The van der Waals surface area contributed by atoms with Crippen molar-refractivity contribution >= 4 is 11.7 Å². The summed E-state index contributed by atoms with van der Waals surface area (Å²) in [4.78, 5) is 16.1. The molecule has 1 heterocycles. The first-order valence-corrected chi connectivity index (χ1v) is 8.65. The van der Waals surface area contributed by atoms with E-state index in [0.717, 1.165) is 44.6 Å². The molecule has 0 atom stereocenters. The van der Waals surface area contributed by atoms with E-state index in [2.05, 4.69) is 34.5 Å². The standard InChI is InChI=1S/C18H29N3O2/c1-3-20(4-2)18(23)19-13-15-5-7-17(8-6-15)21-11-9-16(14-22)10-12-21/h5-8,16,22H,3-4,9-14H2,1-2H3,(H,19,23). The van der Waals surface area contributed by atoms with E-state index in [1.165, 1.54) is 5.69 Å². The number of aliphatic hydroxyl groups excluding tert-OH is 1. The van der Waals surface area contributed by atoms with Gasteiger partial charge in [0.2, 0.25) is 0 Å². The zero-order valence-electron chi connectivity index (χ0n) is 14.3. The Morgan fingerprint density at radius 1 is 1.22 bits per heavy atom. The summed E-state index contributed by atoms with van der Waals surface area (Å²) in [6.45, 7) is 8.29. The van der Waals surface area contributed by atoms with E-state index in [4.69, 9.17) is 0 Å². The topological polar surface area (TPSA) is 55.8 Å². The highest BCUT2D eigenvalue weighted by molar-refractivity contribution is 5.74. The maximum absolute atomic E-state index is 11.9. The zero-order valence-corrected chi connectivity index (χ0v) is 14.3. The van der Waals surface area contributed by atoms with Crippen molar-refractivity contribution in [1.29, 1.82) is 0 Å². The lowest BCUT2D eigenvalue weighted by molar-refractivity contribution is 0.202. The summed E-state index contributed by atoms with van der Waals surface area (Å²) >= 11 is 0. The predicted octanol–water partition coefficient (Wildman–Crippen LogP) is 2.45. The van der Waals surface area contributed by atoms with Crippen molar-refractivity contribution in [2.24, 2.45) is 5.92 Å². The highest BCUT2D eigenvalue weighted by Crippen LogP contribution is 2.23. The number of amides is 2. The molecule has 0 radical (unpaired) electrons. The van der Waals surface area contributed by atoms with Gasteiger partial charge >= 0.3 is 6.03 Å². The fourth-order valence-electron chi connectivity index (χ4n) is 3.00. The number of urea groups is 1. The Hall–Kier alpha value is -1.75. The number of carbonyl (C=O) groups is 1. The first-order chi connectivity index (χ1) is 11.2. The fraction of sp³-hybridized carbons (Fsp3) is 0.611. The number of aliphatic hydroxyl groups is 1. The minimum atomic E-state index is -0.00912. The van der Waals surface area contributed by atoms with Crippen LogP contribution in [-0.2, 0) is 6.54 Å². The summed E-state index contributed by atoms with van der Waals surface area (Å²) in [7, 11) is 0. The van der Waals surface area contributed by atoms with Crippen molar-refractivity contribution in [2.75, 3.05) is 37.7 Å². The number of nitrogens with zero attached hydrogens (tertiary/aromatic N) is 2. The Kier molecular flexibility index (Phi) is 6.71. The van der Waals surface area contributed by atoms with Crippen LogP contribution in [0, 0.1) is 5.92 Å². The number of nitrogens with one attached hydrogen (secondary N) is 1. The summed E-state index contributed by atoms with van der Waals surface area (Å²) in [5.74, 6) is 0.459. The van der Waals surface area contributed by atoms with E-state index < -0.39 is 0 Å². The van der Waals surface area contributed by atoms with Gasteiger partial charge in [-0.15, -0.1) is 0 Å². The van der Waals surface area contributed by atoms with Crippen molar-refractivity contribution in [3.8, 4) is 0 Å². The van der Waals surface area contributed by atoms with Gasteiger partial charge in [0.15, 0.2) is 0 Å². The maximum atomic E-state index is 11.9. The van der Waals surface area contributed by atoms with Crippen LogP contribution >= 0.6 is 0 Å². The van der Waals surface area contributed by atoms with Gasteiger partial charge in [0.25, 0.3) is 0 Å². The molecule has 2 rings (SSSR count). The Morgan fingerprint density at radius 3 is 2.35 bits per heavy atom. The molecule has 1 aromatic carbocycles. The second kappa shape index (κ2) is 8.77. The fourth-order valence-corrected chi connectivity index (χ4v) is 3.00. The van der Waals surface area contributed by atoms with Crippen LogP contribution in [-0.4, -0.2) is 48.8 Å². The van der Waals surface area contributed by atoms with Crippen molar-refractivity contribution in [2.45, 2.75) is 33.2 Å². The molecule has 2 N–H and O–H groups in total. The normalized spacial score (nSPS) is 15.5. The Morgan fingerprint density at radius 2 is 1.83 bits per heavy atom. The largest absolute Gasteiger partial charge is 0.396 e. The average molecular weight is 319 g/mol. The Balaban J connectivity index is 1.84. The van der Waals surface area contributed by atoms with Crippen LogP contribution in [0.15, 0.2) is 24.3 Å². The van der Waals surface area contributed by atoms with E-state index in [-0.39, 0.29) is 6.03 Å². The van der Waals surface area contributed by atoms with Crippen LogP contribution in [0.25, 0.3) is 0 Å². The van der Waals surface area contributed by atoms with Gasteiger partial charge in [-0.1, -0.05) is 12.1 Å². The molecule has 5 heteroatoms. The molecule has 1 aliphatic rings. The van der Waals surface area contributed by atoms with E-state index in [0.29, 0.717) is 19.1 Å². The van der Waals surface area contributed by atoms with Gasteiger partial charge in [-0.3, -0.25) is 0 Å². The van der Waals surface area contributed by atoms with Gasteiger partial charge in [0, 0.05) is 45.0 Å². The van der Waals surface area contributed by atoms with Crippen molar-refractivity contribution < 1.29 is 9.90 Å². The summed E-state index contributed by atoms with van der Waals surface area (Å²) in [6, 6.07) is 8.40. The summed E-state index contributed by atoms with van der Waals surface area (Å²) in [5.41, 5.74) is 2.33. The maximum Gasteiger partial charge on any atom is 0.317 e. The SMILES string of the molecule is CCN(CC)C(=O)NCc1ccc(N2CCC(CO)CC2)cc1. The lowest BCUT2D eigenvalue weighted by Crippen LogP contribution is -2.39. The number of anilines is 1. The molecule has 1 fully saturated rings. The molecule has 128 valence electrons. The van der Waals surface area contributed by atoms with Gasteiger partial charge in [-0.25, -0.2) is 4.79 Å². The molecule has 0 aliphatic carbocycles. The smallest absolute Gasteiger partial charge is 0.317 e. The van der Waals surface area contributed by atoms with Crippen LogP contribution in [0.5, 0.6) is 0 Å². The first-order valence-electron chi connectivity index (χ1n) is 8.65. The molecule has 0 unspecified atom stereocenters. The highest BCUT2D eigenvalue weighted by Gasteiger charge is 2.18. The molecule has 5 nitrogen and oxygen atoms in total. The molecular formula is C18H29N3O2. The second-order valence-corrected chi connectivity index (χ2v) is 6.11. The van der Waals surface area contributed by atoms with Crippen molar-refractivity contribution in [1.82, 2.24) is 10.2 Å². The minimum absolute atomic E-state index is 0.00912. The zero-order chi connectivity index (χ0) is 16.7. The van der Waals surface area contributed by atoms with Gasteiger partial charge in [-0.05, 0) is 50.3 Å². The van der Waals surface area contributed by atoms with Crippen LogP contribution in [0.1, 0.15) is 32.3 Å². The van der Waals surface area contributed by atoms with E-state index in [1.807, 2.05) is 13.8 Å². The van der Waals surface area contributed by atoms with Gasteiger partial charge in [0.05, 0.1) is 0 Å². The van der Waals surface area contributed by atoms with E-state index >= 15 is 0 Å². The lowest BCUT2D eigenvalue weighted by Gasteiger charge is -2.33. The summed E-state index contributed by atoms with van der Waals surface area (Å²) in [5, 5.41) is 12.2. The second-order valence-electron chi connectivity index (χ2n) is 6.11. The monoisotopic (exact) mass is 319 g/mol. The number of piperidine rings is 1. The summed E-state index contributed by atoms with van der Waals surface area (Å²) < 4.78 is 0. The molecule has 1 aromatic rings. The number of rotatable bonds is 6. The molecule has 1 saturated heterocycles. The molecule has 2 amide bonds. The first kappa shape index (κ1) is 17.6. The predicted molar refractivity (Wildman–Crippen MR) is 93.6 cm³/mol. The third-order valence-corrected chi connectivity index (χ3v) is 4.67. The lowest BCUT2D eigenvalue weighted by atomic mass is 9.97. The number of benzene rings is 1. The molecule has 1 aliphatic heterocycles. The van der Waals surface area contributed by atoms with Crippen LogP contribution in [0.2, 0.25) is 0 Å². The third-order valence-electron chi connectivity index (χ3n) is 4.67. The van der Waals surface area contributed by atoms with Gasteiger partial charge in [-0.2, -0.15) is 0 Å². The quantitative estimate of drug-likeness (QED) is 0.847. The van der Waals surface area contributed by atoms with Crippen LogP contribution in [0.3, 0.4) is 0 Å². The van der Waals surface area contributed by atoms with Crippen molar-refractivity contribution in [3.63, 3.8) is 0 Å². The third kappa shape index (κ3) is 4.86. The molecule has 0 aromatic heterocycles. The number of carbonyl (C=O) groups excluding carboxylic acids is 1. The van der Waals surface area contributed by atoms with E-state index in [9.17, 15) is 9.90 Å². The van der Waals surface area contributed by atoms with Gasteiger partial charge < -0.3 is 20.2 Å². The highest BCUT2D eigenvalue weighted by atomic mass is 16.3. The number of hydrogen-bond donors (Lipinski definition) is 2. The molecule has 0 bridgehead atoms. The van der Waals surface area contributed by atoms with Gasteiger partial charge in [0.1, 0.15) is 0 Å². The van der Waals surface area contributed by atoms with Crippen molar-refractivity contribution in [3.05, 3.63) is 29.8 Å². The molecule has 0 saturated carbocycles. The molecule has 23 heavy (non-hydrogen) atoms. The average Bonchev–Trinajstić information content (AvgIpc) is 2.61. The number of hydrogen-bond acceptors (Lipinski definition) is 3. The minimum Gasteiger partial charge on any atom is -0.396 e. The Labute approximate surface area is 139 Å². The summed E-state index contributed by atoms with van der Waals surface area (Å²) in [6.07, 6.45) is 2.11. The van der Waals surface area contributed by atoms with Crippen LogP contribution in [0.4, 0.5) is 10.5 Å². The molecule has 0 spiro atoms.